The maximum Gasteiger partial charge on any atom is 0.252 e. The Kier molecular flexibility index (Phi) is 6.53. The number of carbonyl (C=O) groups is 1. The van der Waals surface area contributed by atoms with Gasteiger partial charge in [0.15, 0.2) is 11.8 Å². The van der Waals surface area contributed by atoms with Crippen molar-refractivity contribution < 1.29 is 14.1 Å². The zero-order valence-electron chi connectivity index (χ0n) is 16.6. The van der Waals surface area contributed by atoms with E-state index in [1.807, 2.05) is 54.6 Å². The van der Waals surface area contributed by atoms with E-state index in [-0.39, 0.29) is 11.9 Å². The van der Waals surface area contributed by atoms with E-state index in [2.05, 4.69) is 11.4 Å². The van der Waals surface area contributed by atoms with Crippen molar-refractivity contribution in [3.8, 4) is 6.07 Å². The summed E-state index contributed by atoms with van der Waals surface area (Å²) in [5, 5.41) is 12.5. The van der Waals surface area contributed by atoms with Gasteiger partial charge in [0.05, 0.1) is 37.0 Å². The Labute approximate surface area is 180 Å². The van der Waals surface area contributed by atoms with Crippen LogP contribution >= 0.6 is 11.8 Å². The number of benzene rings is 2. The molecule has 0 aliphatic carbocycles. The lowest BCUT2D eigenvalue weighted by molar-refractivity contribution is -0.919. The Morgan fingerprint density at radius 3 is 2.53 bits per heavy atom. The van der Waals surface area contributed by atoms with Crippen LogP contribution in [0.3, 0.4) is 0 Å². The third kappa shape index (κ3) is 4.59. The first-order valence-electron chi connectivity index (χ1n) is 10.2. The minimum atomic E-state index is -0.109. The molecule has 0 radical (unpaired) electrons. The molecule has 4 rings (SSSR count). The molecule has 1 amide bonds. The molecule has 0 bridgehead atoms. The predicted octanol–water partition coefficient (Wildman–Crippen LogP) is 3.45. The Morgan fingerprint density at radius 2 is 1.80 bits per heavy atom. The smallest absolute Gasteiger partial charge is 0.252 e. The molecule has 152 valence electrons. The fraction of sp³-hybridized carbons (Fsp3) is 0.250. The molecule has 0 saturated carbocycles. The van der Waals surface area contributed by atoms with Gasteiger partial charge in [0.1, 0.15) is 6.07 Å². The van der Waals surface area contributed by atoms with E-state index in [0.717, 1.165) is 28.6 Å². The maximum atomic E-state index is 13.1. The Morgan fingerprint density at radius 1 is 1.07 bits per heavy atom. The number of amides is 1. The fourth-order valence-electron chi connectivity index (χ4n) is 3.91. The van der Waals surface area contributed by atoms with E-state index in [1.54, 1.807) is 12.3 Å². The molecule has 0 unspecified atom stereocenters. The molecule has 2 N–H and O–H groups in total. The first kappa shape index (κ1) is 20.3. The summed E-state index contributed by atoms with van der Waals surface area (Å²) in [7, 11) is 0. The minimum absolute atomic E-state index is 0.109. The molecular formula is C24H24N3O2S+. The molecule has 0 spiro atoms. The normalized spacial score (nSPS) is 14.9. The molecule has 30 heavy (non-hydrogen) atoms. The average molecular weight is 419 g/mol. The molecule has 5 nitrogen and oxygen atoms in total. The number of nitrogens with one attached hydrogen (secondary N) is 2. The number of furan rings is 1. The van der Waals surface area contributed by atoms with Gasteiger partial charge in [0.2, 0.25) is 0 Å². The molecular weight excluding hydrogens is 394 g/mol. The highest BCUT2D eigenvalue weighted by Gasteiger charge is 2.30. The van der Waals surface area contributed by atoms with Gasteiger partial charge in [-0.15, -0.1) is 0 Å². The zero-order valence-corrected chi connectivity index (χ0v) is 17.5. The summed E-state index contributed by atoms with van der Waals surface area (Å²) in [5.74, 6) is 0.806. The van der Waals surface area contributed by atoms with Crippen LogP contribution in [0.1, 0.15) is 40.6 Å². The molecule has 3 aromatic rings. The first-order valence-corrected chi connectivity index (χ1v) is 11.0. The van der Waals surface area contributed by atoms with Gasteiger partial charge in [0, 0.05) is 22.6 Å². The number of likely N-dealkylation sites (tertiary alicyclic amines) is 1. The topological polar surface area (TPSA) is 70.5 Å². The predicted molar refractivity (Wildman–Crippen MR) is 115 cm³/mol. The largest absolute Gasteiger partial charge is 0.463 e. The second kappa shape index (κ2) is 9.66. The van der Waals surface area contributed by atoms with E-state index < -0.39 is 0 Å². The van der Waals surface area contributed by atoms with Crippen molar-refractivity contribution in [3.63, 3.8) is 0 Å². The number of nitriles is 1. The van der Waals surface area contributed by atoms with Gasteiger partial charge in [-0.3, -0.25) is 4.79 Å². The lowest BCUT2D eigenvalue weighted by Crippen LogP contribution is -3.11. The summed E-state index contributed by atoms with van der Waals surface area (Å²) in [6, 6.07) is 21.2. The zero-order chi connectivity index (χ0) is 20.8. The van der Waals surface area contributed by atoms with Crippen LogP contribution in [0.5, 0.6) is 0 Å². The lowest BCUT2D eigenvalue weighted by Gasteiger charge is -2.23. The van der Waals surface area contributed by atoms with Gasteiger partial charge in [-0.05, 0) is 36.4 Å². The van der Waals surface area contributed by atoms with Crippen LogP contribution in [0.2, 0.25) is 0 Å². The molecule has 1 aliphatic heterocycles. The second-order valence-corrected chi connectivity index (χ2v) is 8.43. The molecule has 1 aliphatic rings. The van der Waals surface area contributed by atoms with Crippen molar-refractivity contribution in [2.24, 2.45) is 0 Å². The van der Waals surface area contributed by atoms with Gasteiger partial charge < -0.3 is 14.6 Å². The van der Waals surface area contributed by atoms with Crippen LogP contribution in [-0.2, 0) is 0 Å². The number of hydrogen-bond acceptors (Lipinski definition) is 4. The van der Waals surface area contributed by atoms with Crippen LogP contribution in [0.15, 0.2) is 81.1 Å². The molecule has 2 aromatic carbocycles. The third-order valence-electron chi connectivity index (χ3n) is 5.45. The number of quaternary nitrogens is 1. The van der Waals surface area contributed by atoms with Crippen LogP contribution in [-0.4, -0.2) is 25.5 Å². The summed E-state index contributed by atoms with van der Waals surface area (Å²) in [6.45, 7) is 2.71. The van der Waals surface area contributed by atoms with Gasteiger partial charge in [-0.25, -0.2) is 0 Å². The van der Waals surface area contributed by atoms with Gasteiger partial charge in [-0.2, -0.15) is 5.26 Å². The highest BCUT2D eigenvalue weighted by atomic mass is 32.2. The van der Waals surface area contributed by atoms with E-state index >= 15 is 0 Å². The van der Waals surface area contributed by atoms with Crippen molar-refractivity contribution in [2.75, 3.05) is 19.6 Å². The molecule has 2 heterocycles. The number of carbonyl (C=O) groups excluding carboxylic acids is 1. The van der Waals surface area contributed by atoms with Crippen molar-refractivity contribution in [1.82, 2.24) is 5.32 Å². The highest BCUT2D eigenvalue weighted by molar-refractivity contribution is 7.99. The molecule has 6 heteroatoms. The number of nitrogens with zero attached hydrogens (tertiary/aromatic N) is 1. The molecule has 1 aromatic heterocycles. The van der Waals surface area contributed by atoms with E-state index in [1.165, 1.54) is 29.5 Å². The van der Waals surface area contributed by atoms with Crippen molar-refractivity contribution in [2.45, 2.75) is 28.7 Å². The molecule has 1 atom stereocenters. The quantitative estimate of drug-likeness (QED) is 0.617. The highest BCUT2D eigenvalue weighted by Crippen LogP contribution is 2.32. The average Bonchev–Trinajstić information content (AvgIpc) is 3.50. The summed E-state index contributed by atoms with van der Waals surface area (Å²) in [5.41, 5.74) is 1.22. The van der Waals surface area contributed by atoms with Crippen LogP contribution in [0.25, 0.3) is 0 Å². The summed E-state index contributed by atoms with van der Waals surface area (Å²) in [6.07, 6.45) is 4.11. The maximum absolute atomic E-state index is 13.1. The first-order chi connectivity index (χ1) is 14.8. The van der Waals surface area contributed by atoms with Gasteiger partial charge >= 0.3 is 0 Å². The summed E-state index contributed by atoms with van der Waals surface area (Å²) in [4.78, 5) is 16.2. The monoisotopic (exact) mass is 418 g/mol. The molecule has 1 fully saturated rings. The summed E-state index contributed by atoms with van der Waals surface area (Å²) >= 11 is 1.44. The number of hydrogen-bond donors (Lipinski definition) is 2. The third-order valence-corrected chi connectivity index (χ3v) is 6.60. The Balaban J connectivity index is 1.50. The van der Waals surface area contributed by atoms with Crippen LogP contribution in [0.4, 0.5) is 0 Å². The lowest BCUT2D eigenvalue weighted by atomic mass is 10.1. The number of rotatable bonds is 7. The Hall–Kier alpha value is -3.01. The fourth-order valence-corrected chi connectivity index (χ4v) is 4.94. The Bertz CT molecular complexity index is 1040. The van der Waals surface area contributed by atoms with E-state index in [0.29, 0.717) is 17.7 Å². The van der Waals surface area contributed by atoms with Crippen LogP contribution < -0.4 is 10.2 Å². The van der Waals surface area contributed by atoms with Gasteiger partial charge in [-0.1, -0.05) is 36.0 Å². The van der Waals surface area contributed by atoms with Crippen LogP contribution in [0, 0.1) is 11.3 Å². The minimum Gasteiger partial charge on any atom is -0.463 e. The standard InChI is InChI=1S/C24H23N3O2S/c25-16-18-8-1-3-11-22(18)30-23-12-4-2-9-19(23)24(28)26-17-20(21-10-7-15-29-21)27-13-5-6-14-27/h1-4,7-12,15,20H,5-6,13-14,17H2,(H,26,28)/p+1/t20-/m1/s1. The van der Waals surface area contributed by atoms with Crippen molar-refractivity contribution >= 4 is 17.7 Å². The van der Waals surface area contributed by atoms with E-state index in [4.69, 9.17) is 4.42 Å². The van der Waals surface area contributed by atoms with Crippen molar-refractivity contribution in [3.05, 3.63) is 83.8 Å². The molecule has 1 saturated heterocycles. The van der Waals surface area contributed by atoms with Gasteiger partial charge in [0.25, 0.3) is 5.91 Å². The van der Waals surface area contributed by atoms with Crippen molar-refractivity contribution in [1.29, 1.82) is 5.26 Å². The van der Waals surface area contributed by atoms with E-state index in [9.17, 15) is 10.1 Å². The summed E-state index contributed by atoms with van der Waals surface area (Å²) < 4.78 is 5.67. The SMILES string of the molecule is N#Cc1ccccc1Sc1ccccc1C(=O)NC[C@H](c1ccco1)[NH+]1CCCC1. The second-order valence-electron chi connectivity index (χ2n) is 7.35.